The van der Waals surface area contributed by atoms with Gasteiger partial charge in [0.15, 0.2) is 3.77 Å². The highest BCUT2D eigenvalue weighted by atomic mass is 127. The van der Waals surface area contributed by atoms with Gasteiger partial charge in [-0.1, -0.05) is 6.07 Å². The van der Waals surface area contributed by atoms with E-state index in [0.717, 1.165) is 26.5 Å². The number of nitrogens with zero attached hydrogens (tertiary/aromatic N) is 4. The van der Waals surface area contributed by atoms with E-state index in [9.17, 15) is 0 Å². The lowest BCUT2D eigenvalue weighted by molar-refractivity contribution is 0.493. The van der Waals surface area contributed by atoms with Crippen molar-refractivity contribution in [1.29, 1.82) is 0 Å². The second-order valence-electron chi connectivity index (χ2n) is 4.31. The number of furan rings is 1. The van der Waals surface area contributed by atoms with Crippen molar-refractivity contribution in [3.05, 3.63) is 51.7 Å². The average molecular weight is 381 g/mol. The molecule has 1 aromatic carbocycles. The van der Waals surface area contributed by atoms with Gasteiger partial charge in [0.2, 0.25) is 0 Å². The van der Waals surface area contributed by atoms with Crippen LogP contribution in [0.25, 0.3) is 5.69 Å². The van der Waals surface area contributed by atoms with Gasteiger partial charge < -0.3 is 9.73 Å². The fourth-order valence-electron chi connectivity index (χ4n) is 1.85. The minimum Gasteiger partial charge on any atom is -0.454 e. The van der Waals surface area contributed by atoms with Gasteiger partial charge in [0.05, 0.1) is 12.2 Å². The van der Waals surface area contributed by atoms with Crippen molar-refractivity contribution in [2.75, 3.05) is 5.32 Å². The molecule has 3 rings (SSSR count). The fraction of sp³-hybridized carbons (Fsp3) is 0.154. The van der Waals surface area contributed by atoms with Gasteiger partial charge in [-0.15, -0.1) is 5.10 Å². The molecular weight excluding hydrogens is 369 g/mol. The zero-order valence-electron chi connectivity index (χ0n) is 10.7. The van der Waals surface area contributed by atoms with Gasteiger partial charge in [0.25, 0.3) is 0 Å². The van der Waals surface area contributed by atoms with Crippen molar-refractivity contribution in [2.24, 2.45) is 0 Å². The lowest BCUT2D eigenvalue weighted by Gasteiger charge is -2.10. The Labute approximate surface area is 129 Å². The van der Waals surface area contributed by atoms with Gasteiger partial charge in [0.1, 0.15) is 12.1 Å². The number of hydrogen-bond donors (Lipinski definition) is 1. The molecule has 3 aromatic rings. The van der Waals surface area contributed by atoms with E-state index in [1.54, 1.807) is 11.0 Å². The van der Waals surface area contributed by atoms with Crippen molar-refractivity contribution in [3.63, 3.8) is 0 Å². The van der Waals surface area contributed by atoms with Crippen LogP contribution < -0.4 is 5.32 Å². The second-order valence-corrected chi connectivity index (χ2v) is 5.38. The molecule has 6 nitrogen and oxygen atoms in total. The number of rotatable bonds is 4. The second kappa shape index (κ2) is 5.61. The van der Waals surface area contributed by atoms with Gasteiger partial charge in [-0.05, 0) is 69.8 Å². The lowest BCUT2D eigenvalue weighted by Crippen LogP contribution is -2.02. The molecule has 0 amide bonds. The molecule has 0 saturated heterocycles. The third kappa shape index (κ3) is 2.82. The lowest BCUT2D eigenvalue weighted by atomic mass is 10.2. The molecule has 0 spiro atoms. The Morgan fingerprint density at radius 2 is 2.20 bits per heavy atom. The summed E-state index contributed by atoms with van der Waals surface area (Å²) in [5.74, 6) is 0.904. The third-order valence-electron chi connectivity index (χ3n) is 2.92. The van der Waals surface area contributed by atoms with Crippen LogP contribution in [0.4, 0.5) is 5.69 Å². The van der Waals surface area contributed by atoms with Crippen LogP contribution in [-0.4, -0.2) is 20.2 Å². The molecule has 0 fully saturated rings. The number of hydrogen-bond acceptors (Lipinski definition) is 5. The summed E-state index contributed by atoms with van der Waals surface area (Å²) in [4.78, 5) is 0. The van der Waals surface area contributed by atoms with Crippen LogP contribution in [0.5, 0.6) is 0 Å². The van der Waals surface area contributed by atoms with Gasteiger partial charge in [-0.3, -0.25) is 0 Å². The molecule has 0 bridgehead atoms. The van der Waals surface area contributed by atoms with Crippen molar-refractivity contribution < 1.29 is 4.42 Å². The van der Waals surface area contributed by atoms with Crippen LogP contribution in [0.15, 0.2) is 41.1 Å². The molecule has 2 aromatic heterocycles. The molecule has 102 valence electrons. The van der Waals surface area contributed by atoms with E-state index in [2.05, 4.69) is 50.4 Å². The third-order valence-corrected chi connectivity index (χ3v) is 3.50. The maximum Gasteiger partial charge on any atom is 0.164 e. The van der Waals surface area contributed by atoms with Gasteiger partial charge in [0, 0.05) is 5.69 Å². The number of halogens is 1. The Balaban J connectivity index is 1.80. The smallest absolute Gasteiger partial charge is 0.164 e. The number of benzene rings is 1. The first kappa shape index (κ1) is 13.1. The first-order valence-electron chi connectivity index (χ1n) is 6.04. The highest BCUT2D eigenvalue weighted by molar-refractivity contribution is 14.1. The highest BCUT2D eigenvalue weighted by Crippen LogP contribution is 2.20. The van der Waals surface area contributed by atoms with Crippen LogP contribution >= 0.6 is 22.6 Å². The van der Waals surface area contributed by atoms with Gasteiger partial charge in [-0.25, -0.2) is 4.68 Å². The number of tetrazole rings is 1. The van der Waals surface area contributed by atoms with Crippen molar-refractivity contribution in [3.8, 4) is 5.69 Å². The Morgan fingerprint density at radius 1 is 1.30 bits per heavy atom. The Morgan fingerprint density at radius 3 is 2.90 bits per heavy atom. The standard InChI is InChI=1S/C13H12IN5O/c1-9-2-3-10(19-8-16-17-18-19)6-12(9)15-7-11-4-5-13(14)20-11/h2-6,8,15H,7H2,1H3. The quantitative estimate of drug-likeness (QED) is 0.704. The molecule has 0 saturated carbocycles. The number of aryl methyl sites for hydroxylation is 1. The first-order valence-corrected chi connectivity index (χ1v) is 7.12. The zero-order chi connectivity index (χ0) is 13.9. The summed E-state index contributed by atoms with van der Waals surface area (Å²) >= 11 is 2.15. The number of aromatic nitrogens is 4. The summed E-state index contributed by atoms with van der Waals surface area (Å²) in [6, 6.07) is 9.94. The van der Waals surface area contributed by atoms with E-state index in [0.29, 0.717) is 6.54 Å². The van der Waals surface area contributed by atoms with E-state index >= 15 is 0 Å². The molecule has 1 N–H and O–H groups in total. The van der Waals surface area contributed by atoms with Crippen molar-refractivity contribution in [1.82, 2.24) is 20.2 Å². The Kier molecular flexibility index (Phi) is 3.68. The van der Waals surface area contributed by atoms with E-state index in [-0.39, 0.29) is 0 Å². The molecule has 0 aliphatic rings. The first-order chi connectivity index (χ1) is 9.72. The van der Waals surface area contributed by atoms with E-state index in [1.807, 2.05) is 30.3 Å². The van der Waals surface area contributed by atoms with Gasteiger partial charge in [-0.2, -0.15) is 0 Å². The highest BCUT2D eigenvalue weighted by Gasteiger charge is 2.05. The van der Waals surface area contributed by atoms with Crippen LogP contribution in [0, 0.1) is 10.7 Å². The predicted octanol–water partition coefficient (Wildman–Crippen LogP) is 2.78. The maximum atomic E-state index is 5.53. The topological polar surface area (TPSA) is 68.8 Å². The number of anilines is 1. The average Bonchev–Trinajstić information content (AvgIpc) is 3.09. The fourth-order valence-corrected chi connectivity index (χ4v) is 2.31. The van der Waals surface area contributed by atoms with Gasteiger partial charge >= 0.3 is 0 Å². The molecule has 0 radical (unpaired) electrons. The van der Waals surface area contributed by atoms with E-state index < -0.39 is 0 Å². The monoisotopic (exact) mass is 381 g/mol. The normalized spacial score (nSPS) is 10.7. The molecule has 20 heavy (non-hydrogen) atoms. The van der Waals surface area contributed by atoms with E-state index in [1.165, 1.54) is 0 Å². The summed E-state index contributed by atoms with van der Waals surface area (Å²) in [7, 11) is 0. The molecule has 0 aliphatic carbocycles. The molecular formula is C13H12IN5O. The summed E-state index contributed by atoms with van der Waals surface area (Å²) < 4.78 is 8.05. The van der Waals surface area contributed by atoms with Crippen molar-refractivity contribution >= 4 is 28.3 Å². The summed E-state index contributed by atoms with van der Waals surface area (Å²) in [5.41, 5.74) is 3.10. The Hall–Kier alpha value is -1.90. The maximum absolute atomic E-state index is 5.53. The molecule has 0 atom stereocenters. The molecule has 7 heteroatoms. The minimum atomic E-state index is 0.642. The predicted molar refractivity (Wildman–Crippen MR) is 82.6 cm³/mol. The number of nitrogens with one attached hydrogen (secondary N) is 1. The van der Waals surface area contributed by atoms with Crippen LogP contribution in [0.1, 0.15) is 11.3 Å². The van der Waals surface area contributed by atoms with Crippen LogP contribution in [0.2, 0.25) is 0 Å². The van der Waals surface area contributed by atoms with Crippen LogP contribution in [0.3, 0.4) is 0 Å². The molecule has 0 aliphatic heterocycles. The van der Waals surface area contributed by atoms with E-state index in [4.69, 9.17) is 4.42 Å². The molecule has 2 heterocycles. The SMILES string of the molecule is Cc1ccc(-n2cnnn2)cc1NCc1ccc(I)o1. The van der Waals surface area contributed by atoms with Crippen molar-refractivity contribution in [2.45, 2.75) is 13.5 Å². The molecule has 0 unspecified atom stereocenters. The Bertz CT molecular complexity index is 707. The minimum absolute atomic E-state index is 0.642. The summed E-state index contributed by atoms with van der Waals surface area (Å²) in [5, 5.41) is 14.5. The largest absolute Gasteiger partial charge is 0.454 e. The van der Waals surface area contributed by atoms with Crippen LogP contribution in [-0.2, 0) is 6.54 Å². The zero-order valence-corrected chi connectivity index (χ0v) is 12.9. The summed E-state index contributed by atoms with van der Waals surface area (Å²) in [6.07, 6.45) is 1.57. The summed E-state index contributed by atoms with van der Waals surface area (Å²) in [6.45, 7) is 2.69.